The molecule has 0 fully saturated rings. The molecule has 0 radical (unpaired) electrons. The van der Waals surface area contributed by atoms with Crippen LogP contribution in [0.15, 0.2) is 65.1 Å². The van der Waals surface area contributed by atoms with E-state index in [1.165, 1.54) is 6.07 Å². The van der Waals surface area contributed by atoms with Gasteiger partial charge in [0, 0.05) is 5.39 Å². The highest BCUT2D eigenvalue weighted by molar-refractivity contribution is 6.34. The van der Waals surface area contributed by atoms with Crippen molar-refractivity contribution >= 4 is 34.1 Å². The number of alkyl halides is 3. The Morgan fingerprint density at radius 2 is 1.83 bits per heavy atom. The summed E-state index contributed by atoms with van der Waals surface area (Å²) in [4.78, 5) is 17.5. The van der Waals surface area contributed by atoms with E-state index < -0.39 is 17.6 Å². The molecule has 30 heavy (non-hydrogen) atoms. The Morgan fingerprint density at radius 3 is 2.53 bits per heavy atom. The number of hydrogen-bond donors (Lipinski definition) is 1. The van der Waals surface area contributed by atoms with E-state index in [1.54, 1.807) is 43.3 Å². The molecule has 2 heterocycles. The number of furan rings is 1. The van der Waals surface area contributed by atoms with Crippen LogP contribution < -0.4 is 5.32 Å². The van der Waals surface area contributed by atoms with Crippen molar-refractivity contribution in [3.8, 4) is 11.5 Å². The van der Waals surface area contributed by atoms with Crippen LogP contribution in [0.5, 0.6) is 0 Å². The zero-order valence-electron chi connectivity index (χ0n) is 15.5. The maximum atomic E-state index is 13.0. The van der Waals surface area contributed by atoms with Crippen molar-refractivity contribution in [2.45, 2.75) is 13.1 Å². The number of amides is 1. The molecule has 1 amide bonds. The molecule has 0 aliphatic carbocycles. The standard InChI is InChI=1S/C22H14ClF3N2O2/c1-12-6-9-20(30-12)19-11-15(14-4-2-3-5-17(14)27-19)21(29)28-18-10-13(22(24,25)26)7-8-16(18)23/h2-11H,1H3,(H,28,29). The quantitative estimate of drug-likeness (QED) is 0.392. The number of aromatic nitrogens is 1. The molecular weight excluding hydrogens is 417 g/mol. The Kier molecular flexibility index (Phi) is 4.99. The molecule has 2 aromatic carbocycles. The molecule has 4 aromatic rings. The van der Waals surface area contributed by atoms with E-state index in [0.29, 0.717) is 28.1 Å². The highest BCUT2D eigenvalue weighted by Crippen LogP contribution is 2.34. The third-order valence-corrected chi connectivity index (χ3v) is 4.83. The summed E-state index contributed by atoms with van der Waals surface area (Å²) in [6.45, 7) is 1.79. The zero-order chi connectivity index (χ0) is 21.5. The van der Waals surface area contributed by atoms with Crippen molar-refractivity contribution < 1.29 is 22.4 Å². The number of nitrogens with one attached hydrogen (secondary N) is 1. The maximum absolute atomic E-state index is 13.0. The molecule has 8 heteroatoms. The first-order valence-electron chi connectivity index (χ1n) is 8.87. The second-order valence-electron chi connectivity index (χ2n) is 6.63. The predicted molar refractivity (Wildman–Crippen MR) is 109 cm³/mol. The molecule has 4 rings (SSSR count). The molecule has 0 saturated heterocycles. The number of rotatable bonds is 3. The number of aryl methyl sites for hydroxylation is 1. The third-order valence-electron chi connectivity index (χ3n) is 4.50. The van der Waals surface area contributed by atoms with E-state index in [9.17, 15) is 18.0 Å². The SMILES string of the molecule is Cc1ccc(-c2cc(C(=O)Nc3cc(C(F)(F)F)ccc3Cl)c3ccccc3n2)o1. The summed E-state index contributed by atoms with van der Waals surface area (Å²) in [7, 11) is 0. The second kappa shape index (κ2) is 7.50. The van der Waals surface area contributed by atoms with Gasteiger partial charge in [-0.1, -0.05) is 29.8 Å². The smallest absolute Gasteiger partial charge is 0.416 e. The van der Waals surface area contributed by atoms with E-state index >= 15 is 0 Å². The minimum atomic E-state index is -4.56. The lowest BCUT2D eigenvalue weighted by Gasteiger charge is -2.13. The van der Waals surface area contributed by atoms with Crippen molar-refractivity contribution in [2.24, 2.45) is 0 Å². The molecule has 4 nitrogen and oxygen atoms in total. The third kappa shape index (κ3) is 3.89. The number of nitrogens with zero attached hydrogens (tertiary/aromatic N) is 1. The number of carbonyl (C=O) groups is 1. The summed E-state index contributed by atoms with van der Waals surface area (Å²) in [6.07, 6.45) is -4.56. The van der Waals surface area contributed by atoms with Gasteiger partial charge in [0.15, 0.2) is 5.76 Å². The Balaban J connectivity index is 1.78. The number of carbonyl (C=O) groups excluding carboxylic acids is 1. The van der Waals surface area contributed by atoms with Crippen LogP contribution in [-0.2, 0) is 6.18 Å². The molecule has 0 aliphatic rings. The minimum absolute atomic E-state index is 0.00315. The number of hydrogen-bond acceptors (Lipinski definition) is 3. The summed E-state index contributed by atoms with van der Waals surface area (Å²) >= 11 is 6.02. The first-order valence-corrected chi connectivity index (χ1v) is 9.25. The van der Waals surface area contributed by atoms with E-state index in [1.807, 2.05) is 0 Å². The van der Waals surface area contributed by atoms with Gasteiger partial charge in [-0.15, -0.1) is 0 Å². The highest BCUT2D eigenvalue weighted by Gasteiger charge is 2.31. The van der Waals surface area contributed by atoms with Gasteiger partial charge in [-0.2, -0.15) is 13.2 Å². The lowest BCUT2D eigenvalue weighted by Crippen LogP contribution is -2.14. The molecule has 0 saturated carbocycles. The number of benzene rings is 2. The van der Waals surface area contributed by atoms with Gasteiger partial charge >= 0.3 is 6.18 Å². The fraction of sp³-hybridized carbons (Fsp3) is 0.0909. The topological polar surface area (TPSA) is 55.1 Å². The predicted octanol–water partition coefficient (Wildman–Crippen LogP) is 6.73. The molecule has 152 valence electrons. The zero-order valence-corrected chi connectivity index (χ0v) is 16.3. The molecule has 2 aromatic heterocycles. The Morgan fingerprint density at radius 1 is 1.07 bits per heavy atom. The average molecular weight is 431 g/mol. The summed E-state index contributed by atoms with van der Waals surface area (Å²) < 4.78 is 44.7. The molecule has 0 atom stereocenters. The van der Waals surface area contributed by atoms with Gasteiger partial charge in [0.2, 0.25) is 0 Å². The number of halogens is 4. The van der Waals surface area contributed by atoms with E-state index in [4.69, 9.17) is 16.0 Å². The lowest BCUT2D eigenvalue weighted by molar-refractivity contribution is -0.137. The van der Waals surface area contributed by atoms with Crippen molar-refractivity contribution in [3.05, 3.63) is 82.6 Å². The highest BCUT2D eigenvalue weighted by atomic mass is 35.5. The Hall–Kier alpha value is -3.32. The Labute approximate surface area is 174 Å². The average Bonchev–Trinajstić information content (AvgIpc) is 3.14. The first kappa shape index (κ1) is 20.0. The van der Waals surface area contributed by atoms with Crippen LogP contribution in [0.25, 0.3) is 22.4 Å². The van der Waals surface area contributed by atoms with Gasteiger partial charge in [0.1, 0.15) is 11.5 Å². The summed E-state index contributed by atoms with van der Waals surface area (Å²) in [5, 5.41) is 3.03. The van der Waals surface area contributed by atoms with E-state index in [0.717, 1.165) is 18.2 Å². The number of para-hydroxylation sites is 1. The van der Waals surface area contributed by atoms with Crippen LogP contribution in [0.2, 0.25) is 5.02 Å². The minimum Gasteiger partial charge on any atom is -0.460 e. The van der Waals surface area contributed by atoms with Crippen LogP contribution >= 0.6 is 11.6 Å². The molecule has 0 aliphatic heterocycles. The molecular formula is C22H14ClF3N2O2. The number of anilines is 1. The second-order valence-corrected chi connectivity index (χ2v) is 7.04. The van der Waals surface area contributed by atoms with Crippen LogP contribution in [0, 0.1) is 6.92 Å². The fourth-order valence-electron chi connectivity index (χ4n) is 3.05. The summed E-state index contributed by atoms with van der Waals surface area (Å²) in [5.74, 6) is 0.547. The molecule has 0 bridgehead atoms. The maximum Gasteiger partial charge on any atom is 0.416 e. The first-order chi connectivity index (χ1) is 14.2. The van der Waals surface area contributed by atoms with Crippen molar-refractivity contribution in [2.75, 3.05) is 5.32 Å². The van der Waals surface area contributed by atoms with Gasteiger partial charge in [-0.05, 0) is 49.4 Å². The molecule has 0 spiro atoms. The monoisotopic (exact) mass is 430 g/mol. The summed E-state index contributed by atoms with van der Waals surface area (Å²) in [5.41, 5.74) is 0.172. The van der Waals surface area contributed by atoms with Gasteiger partial charge in [0.05, 0.1) is 27.4 Å². The normalized spacial score (nSPS) is 11.6. The van der Waals surface area contributed by atoms with Crippen molar-refractivity contribution in [1.82, 2.24) is 4.98 Å². The molecule has 0 unspecified atom stereocenters. The fourth-order valence-corrected chi connectivity index (χ4v) is 3.21. The number of fused-ring (bicyclic) bond motifs is 1. The van der Waals surface area contributed by atoms with Gasteiger partial charge in [-0.3, -0.25) is 4.79 Å². The van der Waals surface area contributed by atoms with Crippen molar-refractivity contribution in [3.63, 3.8) is 0 Å². The summed E-state index contributed by atoms with van der Waals surface area (Å²) in [6, 6.07) is 14.8. The van der Waals surface area contributed by atoms with Gasteiger partial charge in [0.25, 0.3) is 5.91 Å². The number of pyridine rings is 1. The van der Waals surface area contributed by atoms with Crippen molar-refractivity contribution in [1.29, 1.82) is 0 Å². The lowest BCUT2D eigenvalue weighted by atomic mass is 10.1. The van der Waals surface area contributed by atoms with E-state index in [2.05, 4.69) is 10.3 Å². The molecule has 1 N–H and O–H groups in total. The van der Waals surface area contributed by atoms with Crippen LogP contribution in [0.3, 0.4) is 0 Å². The van der Waals surface area contributed by atoms with Crippen LogP contribution in [0.1, 0.15) is 21.7 Å². The Bertz CT molecular complexity index is 1260. The van der Waals surface area contributed by atoms with Gasteiger partial charge < -0.3 is 9.73 Å². The van der Waals surface area contributed by atoms with Crippen LogP contribution in [0.4, 0.5) is 18.9 Å². The van der Waals surface area contributed by atoms with Crippen LogP contribution in [-0.4, -0.2) is 10.9 Å². The van der Waals surface area contributed by atoms with Gasteiger partial charge in [-0.25, -0.2) is 4.98 Å². The van der Waals surface area contributed by atoms with E-state index in [-0.39, 0.29) is 16.3 Å². The largest absolute Gasteiger partial charge is 0.460 e.